The van der Waals surface area contributed by atoms with Crippen LogP contribution in [-0.4, -0.2) is 15.5 Å². The van der Waals surface area contributed by atoms with Crippen molar-refractivity contribution in [2.24, 2.45) is 5.92 Å². The molecule has 2 aliphatic rings. The van der Waals surface area contributed by atoms with E-state index in [9.17, 15) is 8.42 Å². The molecule has 32 heavy (non-hydrogen) atoms. The van der Waals surface area contributed by atoms with Crippen LogP contribution < -0.4 is 14.8 Å². The Hall–Kier alpha value is -3.25. The summed E-state index contributed by atoms with van der Waals surface area (Å²) in [6, 6.07) is 21.1. The van der Waals surface area contributed by atoms with E-state index in [-0.39, 0.29) is 16.9 Å². The molecule has 5 rings (SSSR count). The van der Waals surface area contributed by atoms with E-state index in [1.165, 1.54) is 11.1 Å². The molecular formula is C26H26N2O3S. The van der Waals surface area contributed by atoms with Crippen molar-refractivity contribution in [3.63, 3.8) is 0 Å². The van der Waals surface area contributed by atoms with Crippen LogP contribution in [0.15, 0.2) is 83.8 Å². The van der Waals surface area contributed by atoms with Gasteiger partial charge in [0.2, 0.25) is 0 Å². The van der Waals surface area contributed by atoms with E-state index >= 15 is 0 Å². The molecule has 0 aromatic heterocycles. The molecule has 6 heteroatoms. The summed E-state index contributed by atoms with van der Waals surface area (Å²) in [5.74, 6) is 1.14. The summed E-state index contributed by atoms with van der Waals surface area (Å²) in [5.41, 5.74) is 5.00. The lowest BCUT2D eigenvalue weighted by atomic mass is 9.77. The van der Waals surface area contributed by atoms with Crippen LogP contribution in [0.1, 0.15) is 35.1 Å². The first kappa shape index (κ1) is 20.6. The summed E-state index contributed by atoms with van der Waals surface area (Å²) in [5, 5.41) is 3.68. The van der Waals surface area contributed by atoms with Crippen molar-refractivity contribution in [1.82, 2.24) is 0 Å². The number of nitrogens with one attached hydrogen (secondary N) is 2. The van der Waals surface area contributed by atoms with Gasteiger partial charge in [-0.25, -0.2) is 8.42 Å². The van der Waals surface area contributed by atoms with Crippen LogP contribution in [0.3, 0.4) is 0 Å². The standard InChI is InChI=1S/C26H26N2O3S/c1-17-6-3-7-18(14-17)26-23-11-5-10-22(23)24-16-21(12-13-25(24)27-26)32(29,30)28-19-8-4-9-20(15-19)31-2/h3-10,12-16,22-23,26-28H,11H2,1-2H3/t22-,23+,26+/m0/s1. The summed E-state index contributed by atoms with van der Waals surface area (Å²) in [6.45, 7) is 2.11. The van der Waals surface area contributed by atoms with Gasteiger partial charge in [0.1, 0.15) is 5.75 Å². The highest BCUT2D eigenvalue weighted by Gasteiger charge is 2.38. The fourth-order valence-electron chi connectivity index (χ4n) is 4.83. The van der Waals surface area contributed by atoms with Crippen molar-refractivity contribution >= 4 is 21.4 Å². The molecule has 0 saturated carbocycles. The van der Waals surface area contributed by atoms with Gasteiger partial charge in [0.25, 0.3) is 10.0 Å². The molecule has 0 unspecified atom stereocenters. The van der Waals surface area contributed by atoms with Crippen molar-refractivity contribution in [3.05, 3.63) is 95.6 Å². The van der Waals surface area contributed by atoms with E-state index in [1.807, 2.05) is 12.1 Å². The highest BCUT2D eigenvalue weighted by molar-refractivity contribution is 7.92. The van der Waals surface area contributed by atoms with Gasteiger partial charge in [-0.2, -0.15) is 0 Å². The van der Waals surface area contributed by atoms with E-state index in [1.54, 1.807) is 37.4 Å². The number of hydrogen-bond donors (Lipinski definition) is 2. The smallest absolute Gasteiger partial charge is 0.261 e. The van der Waals surface area contributed by atoms with Gasteiger partial charge in [0, 0.05) is 17.7 Å². The second-order valence-electron chi connectivity index (χ2n) is 8.48. The first-order chi connectivity index (χ1) is 15.4. The minimum Gasteiger partial charge on any atom is -0.497 e. The van der Waals surface area contributed by atoms with Gasteiger partial charge in [-0.1, -0.05) is 48.0 Å². The molecule has 3 aromatic rings. The zero-order chi connectivity index (χ0) is 22.3. The molecule has 3 aromatic carbocycles. The summed E-state index contributed by atoms with van der Waals surface area (Å²) in [6.07, 6.45) is 5.40. The maximum Gasteiger partial charge on any atom is 0.261 e. The predicted octanol–water partition coefficient (Wildman–Crippen LogP) is 5.63. The third-order valence-corrected chi connectivity index (χ3v) is 7.75. The second kappa shape index (κ2) is 8.02. The van der Waals surface area contributed by atoms with E-state index in [0.717, 1.165) is 17.7 Å². The Labute approximate surface area is 189 Å². The summed E-state index contributed by atoms with van der Waals surface area (Å²) in [4.78, 5) is 0.258. The molecule has 0 spiro atoms. The number of aryl methyl sites for hydroxylation is 1. The predicted molar refractivity (Wildman–Crippen MR) is 128 cm³/mol. The lowest BCUT2D eigenvalue weighted by molar-refractivity contribution is 0.415. The fourth-order valence-corrected chi connectivity index (χ4v) is 5.92. The van der Waals surface area contributed by atoms with Gasteiger partial charge in [-0.15, -0.1) is 0 Å². The molecule has 1 aliphatic heterocycles. The van der Waals surface area contributed by atoms with Crippen LogP contribution in [0.25, 0.3) is 0 Å². The zero-order valence-corrected chi connectivity index (χ0v) is 18.9. The van der Waals surface area contributed by atoms with E-state index in [0.29, 0.717) is 17.4 Å². The first-order valence-electron chi connectivity index (χ1n) is 10.8. The van der Waals surface area contributed by atoms with Gasteiger partial charge in [-0.3, -0.25) is 4.72 Å². The van der Waals surface area contributed by atoms with Crippen molar-refractivity contribution in [1.29, 1.82) is 0 Å². The van der Waals surface area contributed by atoms with E-state index in [2.05, 4.69) is 53.4 Å². The van der Waals surface area contributed by atoms with Crippen LogP contribution in [0.4, 0.5) is 11.4 Å². The quantitative estimate of drug-likeness (QED) is 0.499. The van der Waals surface area contributed by atoms with Crippen LogP contribution in [0.2, 0.25) is 0 Å². The molecule has 0 fully saturated rings. The van der Waals surface area contributed by atoms with E-state index in [4.69, 9.17) is 4.74 Å². The second-order valence-corrected chi connectivity index (χ2v) is 10.2. The lowest BCUT2D eigenvalue weighted by Crippen LogP contribution is -2.29. The van der Waals surface area contributed by atoms with Gasteiger partial charge < -0.3 is 10.1 Å². The third-order valence-electron chi connectivity index (χ3n) is 6.37. The molecule has 164 valence electrons. The van der Waals surface area contributed by atoms with Crippen molar-refractivity contribution < 1.29 is 13.2 Å². The average Bonchev–Trinajstić information content (AvgIpc) is 3.28. The Morgan fingerprint density at radius 2 is 1.88 bits per heavy atom. The molecule has 0 amide bonds. The minimum absolute atomic E-state index is 0.184. The maximum absolute atomic E-state index is 13.1. The summed E-state index contributed by atoms with van der Waals surface area (Å²) < 4.78 is 34.1. The molecule has 0 saturated heterocycles. The molecule has 3 atom stereocenters. The SMILES string of the molecule is COc1cccc(NS(=O)(=O)c2ccc3c(c2)[C@H]2C=CC[C@H]2[C@@H](c2cccc(C)c2)N3)c1. The number of fused-ring (bicyclic) bond motifs is 3. The normalized spacial score (nSPS) is 21.4. The highest BCUT2D eigenvalue weighted by atomic mass is 32.2. The molecule has 0 bridgehead atoms. The van der Waals surface area contributed by atoms with Gasteiger partial charge in [-0.05, 0) is 60.7 Å². The monoisotopic (exact) mass is 446 g/mol. The lowest BCUT2D eigenvalue weighted by Gasteiger charge is -2.37. The molecule has 1 heterocycles. The number of hydrogen-bond acceptors (Lipinski definition) is 4. The van der Waals surface area contributed by atoms with Crippen molar-refractivity contribution in [3.8, 4) is 5.75 Å². The van der Waals surface area contributed by atoms with Crippen LogP contribution in [0, 0.1) is 12.8 Å². The van der Waals surface area contributed by atoms with Crippen molar-refractivity contribution in [2.45, 2.75) is 30.2 Å². The Bertz CT molecular complexity index is 1300. The number of sulfonamides is 1. The number of anilines is 2. The third kappa shape index (κ3) is 3.75. The van der Waals surface area contributed by atoms with Crippen LogP contribution in [0.5, 0.6) is 5.75 Å². The van der Waals surface area contributed by atoms with E-state index < -0.39 is 10.0 Å². The van der Waals surface area contributed by atoms with Gasteiger partial charge >= 0.3 is 0 Å². The van der Waals surface area contributed by atoms with Crippen LogP contribution in [-0.2, 0) is 10.0 Å². The van der Waals surface area contributed by atoms with Crippen LogP contribution >= 0.6 is 0 Å². The summed E-state index contributed by atoms with van der Waals surface area (Å²) >= 11 is 0. The Morgan fingerprint density at radius 1 is 1.03 bits per heavy atom. The maximum atomic E-state index is 13.1. The molecule has 2 N–H and O–H groups in total. The number of ether oxygens (including phenoxy) is 1. The molecule has 1 aliphatic carbocycles. The molecule has 5 nitrogen and oxygen atoms in total. The van der Waals surface area contributed by atoms with Gasteiger partial charge in [0.15, 0.2) is 0 Å². The van der Waals surface area contributed by atoms with Gasteiger partial charge in [0.05, 0.1) is 23.7 Å². The Morgan fingerprint density at radius 3 is 2.69 bits per heavy atom. The topological polar surface area (TPSA) is 67.4 Å². The summed E-state index contributed by atoms with van der Waals surface area (Å²) in [7, 11) is -2.17. The fraction of sp³-hybridized carbons (Fsp3) is 0.231. The minimum atomic E-state index is -3.73. The highest BCUT2D eigenvalue weighted by Crippen LogP contribution is 2.50. The first-order valence-corrected chi connectivity index (χ1v) is 12.2. The number of allylic oxidation sites excluding steroid dienone is 2. The largest absolute Gasteiger partial charge is 0.497 e. The molecule has 0 radical (unpaired) electrons. The molecular weight excluding hydrogens is 420 g/mol. The average molecular weight is 447 g/mol. The Balaban J connectivity index is 1.48. The Kier molecular flexibility index (Phi) is 5.18. The zero-order valence-electron chi connectivity index (χ0n) is 18.1. The number of methoxy groups -OCH3 is 1. The number of rotatable bonds is 5. The number of benzene rings is 3. The van der Waals surface area contributed by atoms with Crippen molar-refractivity contribution in [2.75, 3.05) is 17.1 Å².